The van der Waals surface area contributed by atoms with E-state index in [9.17, 15) is 9.59 Å². The van der Waals surface area contributed by atoms with Crippen molar-refractivity contribution in [2.45, 2.75) is 6.04 Å². The van der Waals surface area contributed by atoms with Gasteiger partial charge in [0.15, 0.2) is 12.0 Å². The van der Waals surface area contributed by atoms with Crippen LogP contribution in [0.25, 0.3) is 0 Å². The van der Waals surface area contributed by atoms with Gasteiger partial charge in [0.25, 0.3) is 0 Å². The predicted octanol–water partition coefficient (Wildman–Crippen LogP) is 0.303. The highest BCUT2D eigenvalue weighted by Gasteiger charge is 2.38. The van der Waals surface area contributed by atoms with E-state index in [4.69, 9.17) is 36.1 Å². The molecule has 1 unspecified atom stereocenters. The van der Waals surface area contributed by atoms with Crippen LogP contribution in [0.3, 0.4) is 0 Å². The number of morpholine rings is 1. The van der Waals surface area contributed by atoms with Gasteiger partial charge in [-0.05, 0) is 40.3 Å². The monoisotopic (exact) mass is 561 g/mol. The number of rotatable bonds is 12. The van der Waals surface area contributed by atoms with E-state index < -0.39 is 12.0 Å². The highest BCUT2D eigenvalue weighted by molar-refractivity contribution is 14.1. The van der Waals surface area contributed by atoms with Gasteiger partial charge >= 0.3 is 5.97 Å². The number of nitrogens with two attached hydrogens (primary N) is 3. The maximum absolute atomic E-state index is 12.8. The van der Waals surface area contributed by atoms with E-state index in [0.29, 0.717) is 50.0 Å². The van der Waals surface area contributed by atoms with Crippen molar-refractivity contribution in [3.63, 3.8) is 0 Å². The van der Waals surface area contributed by atoms with Gasteiger partial charge in [0, 0.05) is 10.6 Å². The zero-order chi connectivity index (χ0) is 23.3. The third-order valence-corrected chi connectivity index (χ3v) is 4.93. The van der Waals surface area contributed by atoms with Crippen molar-refractivity contribution in [3.05, 3.63) is 39.7 Å². The van der Waals surface area contributed by atoms with Crippen LogP contribution in [0, 0.1) is 0 Å². The Kier molecular flexibility index (Phi) is 11.4. The van der Waals surface area contributed by atoms with Crippen LogP contribution >= 0.6 is 22.6 Å². The fraction of sp³-hybridized carbons (Fsp3) is 0.450. The molecule has 1 atom stereocenters. The van der Waals surface area contributed by atoms with E-state index in [-0.39, 0.29) is 31.6 Å². The van der Waals surface area contributed by atoms with E-state index in [1.165, 1.54) is 4.90 Å². The van der Waals surface area contributed by atoms with Crippen molar-refractivity contribution in [1.82, 2.24) is 4.90 Å². The van der Waals surface area contributed by atoms with Crippen LogP contribution in [-0.2, 0) is 28.5 Å². The number of benzene rings is 1. The van der Waals surface area contributed by atoms with E-state index in [0.717, 1.165) is 0 Å². The first-order chi connectivity index (χ1) is 15.5. The number of ether oxygens (including phenoxy) is 4. The lowest BCUT2D eigenvalue weighted by Gasteiger charge is -2.35. The number of hydrogen-bond donors (Lipinski definition) is 3. The second-order valence-corrected chi connectivity index (χ2v) is 7.24. The lowest BCUT2D eigenvalue weighted by Crippen LogP contribution is -2.46. The minimum Gasteiger partial charge on any atom is -0.427 e. The number of hydrogen-bond acceptors (Lipinski definition) is 8. The Morgan fingerprint density at radius 3 is 2.34 bits per heavy atom. The summed E-state index contributed by atoms with van der Waals surface area (Å²) < 4.78 is 23.0. The molecule has 1 aliphatic heterocycles. The van der Waals surface area contributed by atoms with Crippen molar-refractivity contribution >= 4 is 46.1 Å². The number of carbonyl (C=O) groups excluding carboxylic acids is 2. The molecule has 1 aliphatic rings. The second kappa shape index (κ2) is 14.0. The average molecular weight is 561 g/mol. The maximum Gasteiger partial charge on any atom is 0.338 e. The molecule has 1 aromatic rings. The number of esters is 1. The normalized spacial score (nSPS) is 17.3. The number of nitrogens with zero attached hydrogens (tertiary/aromatic N) is 2. The molecule has 1 saturated heterocycles. The van der Waals surface area contributed by atoms with Crippen LogP contribution in [0.1, 0.15) is 11.6 Å². The molecule has 0 aliphatic carbocycles. The fourth-order valence-electron chi connectivity index (χ4n) is 2.85. The van der Waals surface area contributed by atoms with Gasteiger partial charge in [-0.3, -0.25) is 4.79 Å². The van der Waals surface area contributed by atoms with Gasteiger partial charge in [-0.1, -0.05) is 12.1 Å². The van der Waals surface area contributed by atoms with Gasteiger partial charge in [0.1, 0.15) is 12.4 Å². The minimum atomic E-state index is -0.907. The van der Waals surface area contributed by atoms with Gasteiger partial charge in [-0.2, -0.15) is 0 Å². The standard InChI is InChI=1S/C20H28IN5O6/c21-11-16-12-26(17(27)13-31-10-9-30-8-7-29-6-5-22)18(19(28)32-16)14-1-3-15(4-2-14)25-20(23)24/h1-4,11,18H,5-10,12-13,22H2,(H4,23,24,25)/b16-11+. The average Bonchev–Trinajstić information content (AvgIpc) is 2.77. The molecule has 1 amide bonds. The van der Waals surface area contributed by atoms with Crippen LogP contribution in [0.4, 0.5) is 5.69 Å². The lowest BCUT2D eigenvalue weighted by molar-refractivity contribution is -0.160. The Hall–Kier alpha value is -2.26. The maximum atomic E-state index is 12.8. The molecule has 0 aromatic heterocycles. The summed E-state index contributed by atoms with van der Waals surface area (Å²) in [6, 6.07) is 5.75. The van der Waals surface area contributed by atoms with Crippen molar-refractivity contribution in [3.8, 4) is 0 Å². The second-order valence-electron chi connectivity index (χ2n) is 6.61. The van der Waals surface area contributed by atoms with Crippen molar-refractivity contribution in [1.29, 1.82) is 0 Å². The smallest absolute Gasteiger partial charge is 0.338 e. The molecule has 6 N–H and O–H groups in total. The molecule has 176 valence electrons. The van der Waals surface area contributed by atoms with Gasteiger partial charge in [0.2, 0.25) is 5.91 Å². The largest absolute Gasteiger partial charge is 0.427 e. The van der Waals surface area contributed by atoms with Gasteiger partial charge in [-0.15, -0.1) is 0 Å². The predicted molar refractivity (Wildman–Crippen MR) is 126 cm³/mol. The molecule has 1 aromatic carbocycles. The molecular weight excluding hydrogens is 533 g/mol. The first kappa shape index (κ1) is 26.0. The first-order valence-corrected chi connectivity index (χ1v) is 11.1. The molecule has 11 nitrogen and oxygen atoms in total. The molecule has 2 rings (SSSR count). The summed E-state index contributed by atoms with van der Waals surface area (Å²) in [6.07, 6.45) is 0. The minimum absolute atomic E-state index is 0.0762. The molecule has 32 heavy (non-hydrogen) atoms. The molecule has 12 heteroatoms. The summed E-state index contributed by atoms with van der Waals surface area (Å²) in [5.74, 6) is -0.587. The first-order valence-electron chi connectivity index (χ1n) is 9.89. The van der Waals surface area contributed by atoms with Crippen LogP contribution in [0.5, 0.6) is 0 Å². The Bertz CT molecular complexity index is 813. The highest BCUT2D eigenvalue weighted by atomic mass is 127. The Morgan fingerprint density at radius 1 is 1.12 bits per heavy atom. The SMILES string of the molecule is NCCOCCOCCOCC(=O)N1C/C(=C\I)OC(=O)C1c1ccc(N=C(N)N)cc1. The van der Waals surface area contributed by atoms with Crippen molar-refractivity contribution < 1.29 is 28.5 Å². The summed E-state index contributed by atoms with van der Waals surface area (Å²) >= 11 is 1.96. The van der Waals surface area contributed by atoms with E-state index in [1.807, 2.05) is 22.6 Å². The molecule has 0 bridgehead atoms. The topological polar surface area (TPSA) is 165 Å². The Morgan fingerprint density at radius 2 is 1.75 bits per heavy atom. The molecule has 0 saturated carbocycles. The summed E-state index contributed by atoms with van der Waals surface area (Å²) in [5.41, 5.74) is 17.2. The number of guanidine groups is 1. The van der Waals surface area contributed by atoms with Crippen LogP contribution in [-0.4, -0.2) is 75.5 Å². The number of cyclic esters (lactones) is 1. The quantitative estimate of drug-likeness (QED) is 0.107. The zero-order valence-electron chi connectivity index (χ0n) is 17.6. The van der Waals surface area contributed by atoms with Gasteiger partial charge in [0.05, 0.1) is 45.3 Å². The third kappa shape index (κ3) is 8.35. The number of carbonyl (C=O) groups is 2. The molecule has 1 heterocycles. The van der Waals surface area contributed by atoms with Gasteiger partial charge < -0.3 is 41.0 Å². The number of aliphatic imine (C=N–C) groups is 1. The fourth-order valence-corrected chi connectivity index (χ4v) is 3.18. The van der Waals surface area contributed by atoms with Crippen molar-refractivity contribution in [2.24, 2.45) is 22.2 Å². The summed E-state index contributed by atoms with van der Waals surface area (Å²) in [4.78, 5) is 30.9. The Labute approximate surface area is 200 Å². The molecule has 0 spiro atoms. The van der Waals surface area contributed by atoms with Crippen LogP contribution in [0.15, 0.2) is 39.1 Å². The van der Waals surface area contributed by atoms with E-state index in [2.05, 4.69) is 4.99 Å². The lowest BCUT2D eigenvalue weighted by atomic mass is 10.0. The third-order valence-electron chi connectivity index (χ3n) is 4.23. The number of amides is 1. The summed E-state index contributed by atoms with van der Waals surface area (Å²) in [6.45, 7) is 2.30. The number of halogens is 1. The molecule has 0 radical (unpaired) electrons. The van der Waals surface area contributed by atoms with Crippen molar-refractivity contribution in [2.75, 3.05) is 52.7 Å². The van der Waals surface area contributed by atoms with Gasteiger partial charge in [-0.25, -0.2) is 9.79 Å². The molecular formula is C20H28IN5O6. The van der Waals surface area contributed by atoms with Crippen LogP contribution < -0.4 is 17.2 Å². The Balaban J connectivity index is 1.95. The zero-order valence-corrected chi connectivity index (χ0v) is 19.7. The summed E-state index contributed by atoms with van der Waals surface area (Å²) in [7, 11) is 0. The highest BCUT2D eigenvalue weighted by Crippen LogP contribution is 2.30. The summed E-state index contributed by atoms with van der Waals surface area (Å²) in [5, 5.41) is 0. The van der Waals surface area contributed by atoms with E-state index >= 15 is 0 Å². The van der Waals surface area contributed by atoms with Crippen LogP contribution in [0.2, 0.25) is 0 Å². The van der Waals surface area contributed by atoms with E-state index in [1.54, 1.807) is 28.3 Å². The molecule has 1 fully saturated rings.